The van der Waals surface area contributed by atoms with E-state index in [2.05, 4.69) is 11.1 Å². The molecule has 0 aliphatic carbocycles. The molecule has 1 atom stereocenters. The van der Waals surface area contributed by atoms with Gasteiger partial charge in [0.05, 0.1) is 12.3 Å². The van der Waals surface area contributed by atoms with Gasteiger partial charge in [0.25, 0.3) is 0 Å². The van der Waals surface area contributed by atoms with Gasteiger partial charge in [-0.15, -0.1) is 0 Å². The third-order valence-electron chi connectivity index (χ3n) is 1.93. The van der Waals surface area contributed by atoms with Crippen molar-refractivity contribution in [2.45, 2.75) is 12.5 Å². The lowest BCUT2D eigenvalue weighted by molar-refractivity contribution is 0.0646. The van der Waals surface area contributed by atoms with Crippen LogP contribution in [0.15, 0.2) is 36.5 Å². The molecule has 0 saturated carbocycles. The minimum absolute atomic E-state index is 0.163. The van der Waals surface area contributed by atoms with E-state index >= 15 is 0 Å². The van der Waals surface area contributed by atoms with Crippen LogP contribution in [0.2, 0.25) is 0 Å². The predicted molar refractivity (Wildman–Crippen MR) is 46.7 cm³/mol. The second kappa shape index (κ2) is 3.50. The van der Waals surface area contributed by atoms with Crippen LogP contribution in [0.5, 0.6) is 0 Å². The largest absolute Gasteiger partial charge is 0.368 e. The van der Waals surface area contributed by atoms with Crippen LogP contribution in [0.25, 0.3) is 0 Å². The van der Waals surface area contributed by atoms with Crippen molar-refractivity contribution >= 4 is 0 Å². The van der Waals surface area contributed by atoms with E-state index in [1.165, 1.54) is 0 Å². The summed E-state index contributed by atoms with van der Waals surface area (Å²) in [7, 11) is 0. The Bertz CT molecular complexity index is 268. The Labute approximate surface area is 71.9 Å². The van der Waals surface area contributed by atoms with Gasteiger partial charge in [-0.1, -0.05) is 18.2 Å². The second-order valence-electron chi connectivity index (χ2n) is 2.78. The van der Waals surface area contributed by atoms with Gasteiger partial charge in [0, 0.05) is 6.20 Å². The third kappa shape index (κ3) is 1.53. The molecule has 2 nitrogen and oxygen atoms in total. The molecule has 2 heterocycles. The summed E-state index contributed by atoms with van der Waals surface area (Å²) >= 11 is 0. The zero-order chi connectivity index (χ0) is 8.23. The Morgan fingerprint density at radius 3 is 3.00 bits per heavy atom. The van der Waals surface area contributed by atoms with Crippen molar-refractivity contribution in [2.75, 3.05) is 6.61 Å². The normalized spacial score (nSPS) is 22.5. The van der Waals surface area contributed by atoms with Crippen LogP contribution in [-0.2, 0) is 4.74 Å². The number of nitrogens with zero attached hydrogens (tertiary/aromatic N) is 1. The fourth-order valence-corrected chi connectivity index (χ4v) is 1.30. The van der Waals surface area contributed by atoms with Crippen molar-refractivity contribution < 1.29 is 4.74 Å². The monoisotopic (exact) mass is 161 g/mol. The van der Waals surface area contributed by atoms with E-state index in [0.29, 0.717) is 6.61 Å². The quantitative estimate of drug-likeness (QED) is 0.588. The van der Waals surface area contributed by atoms with Gasteiger partial charge in [0.2, 0.25) is 0 Å². The van der Waals surface area contributed by atoms with Crippen LogP contribution in [0.4, 0.5) is 0 Å². The third-order valence-corrected chi connectivity index (χ3v) is 1.93. The van der Waals surface area contributed by atoms with Crippen molar-refractivity contribution in [1.82, 2.24) is 4.98 Å². The van der Waals surface area contributed by atoms with Gasteiger partial charge in [-0.2, -0.15) is 0 Å². The first-order valence-corrected chi connectivity index (χ1v) is 4.14. The molecular weight excluding hydrogens is 150 g/mol. The van der Waals surface area contributed by atoms with E-state index in [-0.39, 0.29) is 6.10 Å². The highest BCUT2D eigenvalue weighted by atomic mass is 16.5. The lowest BCUT2D eigenvalue weighted by Gasteiger charge is -2.17. The predicted octanol–water partition coefficient (Wildman–Crippen LogP) is 2.10. The number of rotatable bonds is 1. The van der Waals surface area contributed by atoms with Crippen molar-refractivity contribution in [1.29, 1.82) is 0 Å². The molecule has 0 saturated heterocycles. The molecule has 0 fully saturated rings. The number of pyridine rings is 1. The average Bonchev–Trinajstić information content (AvgIpc) is 2.21. The zero-order valence-corrected chi connectivity index (χ0v) is 6.81. The van der Waals surface area contributed by atoms with E-state index in [1.807, 2.05) is 24.3 Å². The maximum atomic E-state index is 5.51. The van der Waals surface area contributed by atoms with E-state index in [0.717, 1.165) is 12.1 Å². The van der Waals surface area contributed by atoms with Gasteiger partial charge in [-0.05, 0) is 18.6 Å². The SMILES string of the molecule is C1=CCC(c2ccccn2)OC1. The van der Waals surface area contributed by atoms with Crippen molar-refractivity contribution in [3.63, 3.8) is 0 Å². The summed E-state index contributed by atoms with van der Waals surface area (Å²) in [5, 5.41) is 0. The van der Waals surface area contributed by atoms with Crippen molar-refractivity contribution in [2.24, 2.45) is 0 Å². The maximum Gasteiger partial charge on any atom is 0.103 e. The highest BCUT2D eigenvalue weighted by molar-refractivity contribution is 5.09. The first-order chi connectivity index (χ1) is 5.97. The molecule has 12 heavy (non-hydrogen) atoms. The van der Waals surface area contributed by atoms with Crippen LogP contribution < -0.4 is 0 Å². The number of hydrogen-bond donors (Lipinski definition) is 0. The molecule has 0 amide bonds. The molecule has 1 aromatic heterocycles. The molecule has 1 aliphatic rings. The topological polar surface area (TPSA) is 22.1 Å². The molecule has 1 aliphatic heterocycles. The number of aromatic nitrogens is 1. The van der Waals surface area contributed by atoms with Crippen LogP contribution >= 0.6 is 0 Å². The Kier molecular flexibility index (Phi) is 2.19. The Balaban J connectivity index is 2.15. The molecule has 2 rings (SSSR count). The Hall–Kier alpha value is -1.15. The Morgan fingerprint density at radius 2 is 2.33 bits per heavy atom. The zero-order valence-electron chi connectivity index (χ0n) is 6.81. The van der Waals surface area contributed by atoms with E-state index in [9.17, 15) is 0 Å². The lowest BCUT2D eigenvalue weighted by atomic mass is 10.1. The summed E-state index contributed by atoms with van der Waals surface area (Å²) in [5.41, 5.74) is 1.03. The summed E-state index contributed by atoms with van der Waals surface area (Å²) < 4.78 is 5.51. The van der Waals surface area contributed by atoms with E-state index in [4.69, 9.17) is 4.74 Å². The van der Waals surface area contributed by atoms with Gasteiger partial charge >= 0.3 is 0 Å². The molecule has 1 aromatic rings. The smallest absolute Gasteiger partial charge is 0.103 e. The van der Waals surface area contributed by atoms with Crippen molar-refractivity contribution in [3.05, 3.63) is 42.2 Å². The fourth-order valence-electron chi connectivity index (χ4n) is 1.30. The maximum absolute atomic E-state index is 5.51. The van der Waals surface area contributed by atoms with Gasteiger partial charge in [-0.3, -0.25) is 4.98 Å². The molecule has 0 spiro atoms. The average molecular weight is 161 g/mol. The van der Waals surface area contributed by atoms with Gasteiger partial charge < -0.3 is 4.74 Å². The summed E-state index contributed by atoms with van der Waals surface area (Å²) in [5.74, 6) is 0. The minimum atomic E-state index is 0.163. The minimum Gasteiger partial charge on any atom is -0.368 e. The molecule has 62 valence electrons. The second-order valence-corrected chi connectivity index (χ2v) is 2.78. The van der Waals surface area contributed by atoms with Crippen LogP contribution in [0.3, 0.4) is 0 Å². The molecule has 0 N–H and O–H groups in total. The standard InChI is InChI=1S/C10H11NO/c1-3-7-11-9(5-1)10-6-2-4-8-12-10/h1-5,7,10H,6,8H2. The number of ether oxygens (including phenoxy) is 1. The van der Waals surface area contributed by atoms with Gasteiger partial charge in [-0.25, -0.2) is 0 Å². The van der Waals surface area contributed by atoms with E-state index in [1.54, 1.807) is 6.20 Å². The molecule has 2 heteroatoms. The summed E-state index contributed by atoms with van der Waals surface area (Å²) in [4.78, 5) is 4.24. The highest BCUT2D eigenvalue weighted by Crippen LogP contribution is 2.21. The van der Waals surface area contributed by atoms with E-state index < -0.39 is 0 Å². The number of hydrogen-bond acceptors (Lipinski definition) is 2. The van der Waals surface area contributed by atoms with Crippen molar-refractivity contribution in [3.8, 4) is 0 Å². The first-order valence-electron chi connectivity index (χ1n) is 4.14. The fraction of sp³-hybridized carbons (Fsp3) is 0.300. The first kappa shape index (κ1) is 7.50. The molecular formula is C10H11NO. The summed E-state index contributed by atoms with van der Waals surface area (Å²) in [6.07, 6.45) is 7.09. The molecule has 0 radical (unpaired) electrons. The summed E-state index contributed by atoms with van der Waals surface area (Å²) in [6, 6.07) is 5.91. The van der Waals surface area contributed by atoms with Gasteiger partial charge in [0.1, 0.15) is 6.10 Å². The summed E-state index contributed by atoms with van der Waals surface area (Å²) in [6.45, 7) is 0.710. The molecule has 1 unspecified atom stereocenters. The Morgan fingerprint density at radius 1 is 1.33 bits per heavy atom. The molecule has 0 bridgehead atoms. The molecule has 0 aromatic carbocycles. The lowest BCUT2D eigenvalue weighted by Crippen LogP contribution is -2.08. The van der Waals surface area contributed by atoms with Crippen LogP contribution in [0, 0.1) is 0 Å². The van der Waals surface area contributed by atoms with Crippen LogP contribution in [0.1, 0.15) is 18.2 Å². The highest BCUT2D eigenvalue weighted by Gasteiger charge is 2.12. The van der Waals surface area contributed by atoms with Crippen LogP contribution in [-0.4, -0.2) is 11.6 Å². The van der Waals surface area contributed by atoms with Gasteiger partial charge in [0.15, 0.2) is 0 Å².